The Labute approximate surface area is 201 Å². The zero-order valence-corrected chi connectivity index (χ0v) is 20.5. The van der Waals surface area contributed by atoms with Gasteiger partial charge in [0.25, 0.3) is 0 Å². The van der Waals surface area contributed by atoms with E-state index in [1.807, 2.05) is 43.4 Å². The number of rotatable bonds is 6. The van der Waals surface area contributed by atoms with Gasteiger partial charge in [-0.15, -0.1) is 24.0 Å². The molecule has 8 heteroatoms. The third-order valence-corrected chi connectivity index (χ3v) is 5.79. The van der Waals surface area contributed by atoms with Crippen molar-refractivity contribution in [3.63, 3.8) is 0 Å². The summed E-state index contributed by atoms with van der Waals surface area (Å²) in [6.07, 6.45) is 6.19. The van der Waals surface area contributed by atoms with Gasteiger partial charge in [-0.25, -0.2) is 0 Å². The van der Waals surface area contributed by atoms with E-state index >= 15 is 0 Å². The lowest BCUT2D eigenvalue weighted by Crippen LogP contribution is -2.47. The molecule has 3 heterocycles. The van der Waals surface area contributed by atoms with E-state index in [1.165, 1.54) is 12.8 Å². The average molecular weight is 540 g/mol. The normalized spacial score (nSPS) is 20.4. The first-order valence-corrected chi connectivity index (χ1v) is 11.0. The summed E-state index contributed by atoms with van der Waals surface area (Å²) in [6.45, 7) is 4.06. The number of hydrogen-bond donors (Lipinski definition) is 1. The van der Waals surface area contributed by atoms with Crippen molar-refractivity contribution >= 4 is 29.9 Å². The van der Waals surface area contributed by atoms with Crippen LogP contribution in [0.5, 0.6) is 0 Å². The van der Waals surface area contributed by atoms with Crippen LogP contribution in [0.4, 0.5) is 0 Å². The van der Waals surface area contributed by atoms with Crippen molar-refractivity contribution in [2.45, 2.75) is 50.9 Å². The monoisotopic (exact) mass is 540 g/mol. The zero-order chi connectivity index (χ0) is 20.6. The molecule has 0 saturated carbocycles. The van der Waals surface area contributed by atoms with Crippen LogP contribution in [0.3, 0.4) is 0 Å². The largest absolute Gasteiger partial charge is 0.376 e. The van der Waals surface area contributed by atoms with E-state index in [-0.39, 0.29) is 30.1 Å². The molecule has 4 rings (SSSR count). The molecule has 2 aliphatic heterocycles. The molecule has 1 aromatic carbocycles. The molecule has 1 unspecified atom stereocenters. The molecule has 0 aliphatic carbocycles. The highest BCUT2D eigenvalue weighted by atomic mass is 127. The molecule has 2 fully saturated rings. The van der Waals surface area contributed by atoms with Gasteiger partial charge in [0.2, 0.25) is 0 Å². The quantitative estimate of drug-likeness (QED) is 0.338. The van der Waals surface area contributed by atoms with Crippen molar-refractivity contribution in [3.05, 3.63) is 42.1 Å². The molecule has 0 radical (unpaired) electrons. The van der Waals surface area contributed by atoms with Crippen molar-refractivity contribution in [1.29, 1.82) is 0 Å². The number of benzene rings is 1. The molecule has 2 aromatic rings. The highest BCUT2D eigenvalue weighted by Gasteiger charge is 2.24. The maximum atomic E-state index is 6.12. The van der Waals surface area contributed by atoms with Crippen LogP contribution < -0.4 is 5.32 Å². The first-order chi connectivity index (χ1) is 14.8. The van der Waals surface area contributed by atoms with Crippen LogP contribution in [0.2, 0.25) is 0 Å². The Morgan fingerprint density at radius 1 is 1.19 bits per heavy atom. The smallest absolute Gasteiger partial charge is 0.193 e. The van der Waals surface area contributed by atoms with Crippen LogP contribution >= 0.6 is 24.0 Å². The Kier molecular flexibility index (Phi) is 9.60. The van der Waals surface area contributed by atoms with Crippen LogP contribution in [0, 0.1) is 0 Å². The Hall–Kier alpha value is -1.65. The van der Waals surface area contributed by atoms with Crippen molar-refractivity contribution in [2.75, 3.05) is 33.4 Å². The molecular formula is C23H33IN4O3. The second-order valence-corrected chi connectivity index (χ2v) is 7.96. The number of nitrogens with zero attached hydrogens (tertiary/aromatic N) is 3. The molecule has 31 heavy (non-hydrogen) atoms. The van der Waals surface area contributed by atoms with E-state index in [0.29, 0.717) is 12.6 Å². The molecule has 170 valence electrons. The Morgan fingerprint density at radius 2 is 2.00 bits per heavy atom. The van der Waals surface area contributed by atoms with Gasteiger partial charge >= 0.3 is 0 Å². The highest BCUT2D eigenvalue weighted by molar-refractivity contribution is 14.0. The summed E-state index contributed by atoms with van der Waals surface area (Å²) in [5.74, 6) is 1.68. The second kappa shape index (κ2) is 12.4. The van der Waals surface area contributed by atoms with Gasteiger partial charge in [-0.05, 0) is 32.1 Å². The fraction of sp³-hybridized carbons (Fsp3) is 0.565. The minimum absolute atomic E-state index is 0. The predicted molar refractivity (Wildman–Crippen MR) is 132 cm³/mol. The second-order valence-electron chi connectivity index (χ2n) is 7.96. The van der Waals surface area contributed by atoms with Crippen LogP contribution in [-0.4, -0.2) is 61.6 Å². The lowest BCUT2D eigenvalue weighted by molar-refractivity contribution is -0.0721. The van der Waals surface area contributed by atoms with Crippen molar-refractivity contribution in [1.82, 2.24) is 15.4 Å². The van der Waals surface area contributed by atoms with Gasteiger partial charge in [-0.3, -0.25) is 4.99 Å². The van der Waals surface area contributed by atoms with Crippen molar-refractivity contribution < 1.29 is 14.0 Å². The lowest BCUT2D eigenvalue weighted by atomic mass is 10.1. The summed E-state index contributed by atoms with van der Waals surface area (Å²) < 4.78 is 17.4. The number of nitrogens with one attached hydrogen (secondary N) is 1. The molecule has 0 amide bonds. The zero-order valence-electron chi connectivity index (χ0n) is 18.2. The predicted octanol–water partition coefficient (Wildman–Crippen LogP) is 4.09. The topological polar surface area (TPSA) is 72.1 Å². The Morgan fingerprint density at radius 3 is 2.71 bits per heavy atom. The van der Waals surface area contributed by atoms with E-state index < -0.39 is 0 Å². The molecule has 0 bridgehead atoms. The van der Waals surface area contributed by atoms with E-state index in [4.69, 9.17) is 14.0 Å². The third-order valence-electron chi connectivity index (χ3n) is 5.79. The molecule has 1 N–H and O–H groups in total. The Balaban J connectivity index is 0.00000272. The number of guanidine groups is 1. The maximum Gasteiger partial charge on any atom is 0.193 e. The van der Waals surface area contributed by atoms with Crippen LogP contribution in [0.1, 0.15) is 37.8 Å². The summed E-state index contributed by atoms with van der Waals surface area (Å²) in [4.78, 5) is 6.74. The molecule has 7 nitrogen and oxygen atoms in total. The van der Waals surface area contributed by atoms with Gasteiger partial charge in [0.15, 0.2) is 11.7 Å². The van der Waals surface area contributed by atoms with Crippen LogP contribution in [0.25, 0.3) is 11.3 Å². The van der Waals surface area contributed by atoms with Gasteiger partial charge < -0.3 is 24.2 Å². The summed E-state index contributed by atoms with van der Waals surface area (Å²) in [5.41, 5.74) is 1.89. The molecule has 2 aliphatic rings. The fourth-order valence-corrected chi connectivity index (χ4v) is 4.05. The average Bonchev–Trinajstić information content (AvgIpc) is 3.29. The molecule has 1 aromatic heterocycles. The van der Waals surface area contributed by atoms with Crippen LogP contribution in [-0.2, 0) is 16.0 Å². The first-order valence-electron chi connectivity index (χ1n) is 11.0. The highest BCUT2D eigenvalue weighted by Crippen LogP contribution is 2.20. The van der Waals surface area contributed by atoms with Crippen LogP contribution in [0.15, 0.2) is 45.9 Å². The van der Waals surface area contributed by atoms with E-state index in [9.17, 15) is 0 Å². The van der Waals surface area contributed by atoms with Gasteiger partial charge in [0, 0.05) is 38.4 Å². The standard InChI is InChI=1S/C23H32N4O3.HI/c1-24-23(25-16-19-15-22(30-26-19)18-7-3-2-4-8-18)27-12-10-20(11-13-27)29-17-21-9-5-6-14-28-21;/h2-4,7-8,15,20-21H,5-6,9-14,16-17H2,1H3,(H,24,25);1H. The number of piperidine rings is 1. The van der Waals surface area contributed by atoms with Crippen molar-refractivity contribution in [2.24, 2.45) is 4.99 Å². The third kappa shape index (κ3) is 6.92. The number of aromatic nitrogens is 1. The van der Waals surface area contributed by atoms with Gasteiger partial charge in [0.1, 0.15) is 5.69 Å². The van der Waals surface area contributed by atoms with Crippen molar-refractivity contribution in [3.8, 4) is 11.3 Å². The minimum atomic E-state index is 0. The number of ether oxygens (including phenoxy) is 2. The molecular weight excluding hydrogens is 507 g/mol. The Bertz CT molecular complexity index is 800. The summed E-state index contributed by atoms with van der Waals surface area (Å²) in [7, 11) is 1.82. The summed E-state index contributed by atoms with van der Waals surface area (Å²) in [5, 5.41) is 7.59. The maximum absolute atomic E-state index is 6.12. The molecule has 2 saturated heterocycles. The van der Waals surface area contributed by atoms with Gasteiger partial charge in [-0.1, -0.05) is 35.5 Å². The number of aliphatic imine (C=N–C) groups is 1. The SMILES string of the molecule is CN=C(NCc1cc(-c2ccccc2)on1)N1CCC(OCC2CCCCO2)CC1.I. The molecule has 0 spiro atoms. The first kappa shape index (κ1) is 24.0. The number of likely N-dealkylation sites (tertiary alicyclic amines) is 1. The lowest BCUT2D eigenvalue weighted by Gasteiger charge is -2.35. The number of halogens is 1. The fourth-order valence-electron chi connectivity index (χ4n) is 4.05. The summed E-state index contributed by atoms with van der Waals surface area (Å²) in [6, 6.07) is 12.0. The van der Waals surface area contributed by atoms with Gasteiger partial charge in [-0.2, -0.15) is 0 Å². The van der Waals surface area contributed by atoms with E-state index in [0.717, 1.165) is 68.5 Å². The summed E-state index contributed by atoms with van der Waals surface area (Å²) >= 11 is 0. The van der Waals surface area contributed by atoms with E-state index in [1.54, 1.807) is 0 Å². The minimum Gasteiger partial charge on any atom is -0.376 e. The van der Waals surface area contributed by atoms with Gasteiger partial charge in [0.05, 0.1) is 25.4 Å². The van der Waals surface area contributed by atoms with E-state index in [2.05, 4.69) is 20.4 Å². The molecule has 1 atom stereocenters. The number of hydrogen-bond acceptors (Lipinski definition) is 5.